The van der Waals surface area contributed by atoms with Crippen molar-refractivity contribution in [3.63, 3.8) is 0 Å². The van der Waals surface area contributed by atoms with Crippen LogP contribution >= 0.6 is 0 Å². The second-order valence-electron chi connectivity index (χ2n) is 4.89. The molecule has 2 atom stereocenters. The van der Waals surface area contributed by atoms with E-state index >= 15 is 0 Å². The molecule has 0 radical (unpaired) electrons. The van der Waals surface area contributed by atoms with Gasteiger partial charge < -0.3 is 0 Å². The quantitative estimate of drug-likeness (QED) is 0.736. The molecule has 0 saturated heterocycles. The molecule has 4 heteroatoms. The number of halogens is 2. The topological polar surface area (TPSA) is 17.8 Å². The predicted molar refractivity (Wildman–Crippen MR) is 52.1 cm³/mol. The Morgan fingerprint density at radius 2 is 2.13 bits per heavy atom. The molecule has 1 saturated carbocycles. The van der Waals surface area contributed by atoms with E-state index in [1.54, 1.807) is 0 Å². The lowest BCUT2D eigenvalue weighted by Crippen LogP contribution is -2.09. The van der Waals surface area contributed by atoms with Gasteiger partial charge in [0, 0.05) is 17.5 Å². The summed E-state index contributed by atoms with van der Waals surface area (Å²) < 4.78 is 27.4. The predicted octanol–water partition coefficient (Wildman–Crippen LogP) is 3.06. The van der Waals surface area contributed by atoms with E-state index < -0.39 is 6.43 Å². The summed E-state index contributed by atoms with van der Waals surface area (Å²) in [6, 6.07) is 0.0248. The third kappa shape index (κ3) is 1.17. The van der Waals surface area contributed by atoms with Crippen LogP contribution in [0.25, 0.3) is 0 Å². The van der Waals surface area contributed by atoms with Crippen LogP contribution in [0.4, 0.5) is 8.78 Å². The van der Waals surface area contributed by atoms with Crippen LogP contribution in [0, 0.1) is 5.92 Å². The Labute approximate surface area is 87.3 Å². The Hall–Kier alpha value is -0.930. The van der Waals surface area contributed by atoms with Gasteiger partial charge in [0.25, 0.3) is 6.43 Å². The molecule has 2 unspecified atom stereocenters. The molecular formula is C11H14F2N2. The van der Waals surface area contributed by atoms with Gasteiger partial charge in [0.05, 0.1) is 5.69 Å². The van der Waals surface area contributed by atoms with Crippen LogP contribution in [-0.2, 0) is 6.42 Å². The van der Waals surface area contributed by atoms with Gasteiger partial charge >= 0.3 is 0 Å². The third-order valence-corrected chi connectivity index (χ3v) is 3.52. The summed E-state index contributed by atoms with van der Waals surface area (Å²) in [6.07, 6.45) is -0.405. The Bertz CT molecular complexity index is 409. The number of rotatable bonds is 2. The van der Waals surface area contributed by atoms with Gasteiger partial charge in [0.15, 0.2) is 0 Å². The summed E-state index contributed by atoms with van der Waals surface area (Å²) in [5.41, 5.74) is 1.98. The lowest BCUT2D eigenvalue weighted by molar-refractivity contribution is 0.135. The molecule has 1 heterocycles. The maximum atomic E-state index is 13.0. The first kappa shape index (κ1) is 9.31. The fourth-order valence-electron chi connectivity index (χ4n) is 2.70. The first-order chi connectivity index (χ1) is 7.09. The molecule has 15 heavy (non-hydrogen) atoms. The van der Waals surface area contributed by atoms with E-state index in [0.29, 0.717) is 11.8 Å². The Kier molecular flexibility index (Phi) is 1.74. The summed E-state index contributed by atoms with van der Waals surface area (Å²) in [6.45, 7) is 3.80. The van der Waals surface area contributed by atoms with Gasteiger partial charge in [-0.1, -0.05) is 0 Å². The average Bonchev–Trinajstić information content (AvgIpc) is 2.68. The van der Waals surface area contributed by atoms with Gasteiger partial charge in [-0.25, -0.2) is 8.78 Å². The molecule has 2 aliphatic carbocycles. The van der Waals surface area contributed by atoms with Gasteiger partial charge in [-0.3, -0.25) is 4.68 Å². The van der Waals surface area contributed by atoms with Crippen molar-refractivity contribution in [1.29, 1.82) is 0 Å². The molecule has 1 aromatic heterocycles. The molecule has 0 spiro atoms. The SMILES string of the molecule is CC(C)n1nc2c(c1C(F)F)CC1CC21. The first-order valence-corrected chi connectivity index (χ1v) is 5.49. The molecule has 0 bridgehead atoms. The van der Waals surface area contributed by atoms with Crippen LogP contribution in [0.2, 0.25) is 0 Å². The summed E-state index contributed by atoms with van der Waals surface area (Å²) in [4.78, 5) is 0. The van der Waals surface area contributed by atoms with Crippen LogP contribution in [0.5, 0.6) is 0 Å². The maximum Gasteiger partial charge on any atom is 0.280 e. The average molecular weight is 212 g/mol. The van der Waals surface area contributed by atoms with Crippen molar-refractivity contribution >= 4 is 0 Å². The molecular weight excluding hydrogens is 198 g/mol. The van der Waals surface area contributed by atoms with E-state index in [0.717, 1.165) is 24.1 Å². The zero-order chi connectivity index (χ0) is 10.7. The van der Waals surface area contributed by atoms with Crippen LogP contribution in [-0.4, -0.2) is 9.78 Å². The number of hydrogen-bond acceptors (Lipinski definition) is 1. The molecule has 3 rings (SSSR count). The standard InChI is InChI=1S/C11H14F2N2/c1-5(2)15-10(11(12)13)8-4-6-3-7(6)9(8)14-15/h5-7,11H,3-4H2,1-2H3. The monoisotopic (exact) mass is 212 g/mol. The van der Waals surface area contributed by atoms with E-state index in [2.05, 4.69) is 5.10 Å². The van der Waals surface area contributed by atoms with E-state index in [1.165, 1.54) is 4.68 Å². The second-order valence-corrected chi connectivity index (χ2v) is 4.89. The summed E-state index contributed by atoms with van der Waals surface area (Å²) >= 11 is 0. The smallest absolute Gasteiger partial charge is 0.261 e. The highest BCUT2D eigenvalue weighted by Crippen LogP contribution is 2.57. The number of aromatic nitrogens is 2. The highest BCUT2D eigenvalue weighted by molar-refractivity contribution is 5.40. The summed E-state index contributed by atoms with van der Waals surface area (Å²) in [5, 5.41) is 4.37. The molecule has 0 N–H and O–H groups in total. The number of nitrogens with zero attached hydrogens (tertiary/aromatic N) is 2. The van der Waals surface area contributed by atoms with Crippen molar-refractivity contribution in [3.8, 4) is 0 Å². The van der Waals surface area contributed by atoms with E-state index in [-0.39, 0.29) is 11.7 Å². The molecule has 82 valence electrons. The van der Waals surface area contributed by atoms with Crippen molar-refractivity contribution in [1.82, 2.24) is 9.78 Å². The van der Waals surface area contributed by atoms with Crippen LogP contribution in [0.1, 0.15) is 55.6 Å². The highest BCUT2D eigenvalue weighted by atomic mass is 19.3. The molecule has 0 aliphatic heterocycles. The Morgan fingerprint density at radius 1 is 1.40 bits per heavy atom. The van der Waals surface area contributed by atoms with Gasteiger partial charge in [-0.2, -0.15) is 5.10 Å². The molecule has 1 aromatic rings. The van der Waals surface area contributed by atoms with E-state index in [9.17, 15) is 8.78 Å². The minimum absolute atomic E-state index is 0.0248. The van der Waals surface area contributed by atoms with Crippen molar-refractivity contribution < 1.29 is 8.78 Å². The minimum atomic E-state index is -2.39. The zero-order valence-corrected chi connectivity index (χ0v) is 8.87. The van der Waals surface area contributed by atoms with Crippen molar-refractivity contribution in [2.24, 2.45) is 5.92 Å². The van der Waals surface area contributed by atoms with Gasteiger partial charge in [-0.05, 0) is 32.6 Å². The Morgan fingerprint density at radius 3 is 2.73 bits per heavy atom. The number of alkyl halides is 2. The Balaban J connectivity index is 2.12. The van der Waals surface area contributed by atoms with Gasteiger partial charge in [0.2, 0.25) is 0 Å². The zero-order valence-electron chi connectivity index (χ0n) is 8.87. The lowest BCUT2D eigenvalue weighted by atomic mass is 10.1. The largest absolute Gasteiger partial charge is 0.280 e. The fourth-order valence-corrected chi connectivity index (χ4v) is 2.70. The minimum Gasteiger partial charge on any atom is -0.261 e. The van der Waals surface area contributed by atoms with Crippen molar-refractivity contribution in [2.45, 2.75) is 45.1 Å². The van der Waals surface area contributed by atoms with Crippen molar-refractivity contribution in [2.75, 3.05) is 0 Å². The molecule has 1 fully saturated rings. The molecule has 0 aromatic carbocycles. The highest BCUT2D eigenvalue weighted by Gasteiger charge is 2.49. The third-order valence-electron chi connectivity index (χ3n) is 3.52. The number of fused-ring (bicyclic) bond motifs is 3. The van der Waals surface area contributed by atoms with E-state index in [1.807, 2.05) is 13.8 Å². The second kappa shape index (κ2) is 2.80. The van der Waals surface area contributed by atoms with Gasteiger partial charge in [-0.15, -0.1) is 0 Å². The molecule has 2 nitrogen and oxygen atoms in total. The van der Waals surface area contributed by atoms with Crippen LogP contribution in [0.3, 0.4) is 0 Å². The maximum absolute atomic E-state index is 13.0. The van der Waals surface area contributed by atoms with Crippen LogP contribution < -0.4 is 0 Å². The first-order valence-electron chi connectivity index (χ1n) is 5.49. The summed E-state index contributed by atoms with van der Waals surface area (Å²) in [7, 11) is 0. The summed E-state index contributed by atoms with van der Waals surface area (Å²) in [5.74, 6) is 1.12. The van der Waals surface area contributed by atoms with Crippen molar-refractivity contribution in [3.05, 3.63) is 17.0 Å². The van der Waals surface area contributed by atoms with Crippen LogP contribution in [0.15, 0.2) is 0 Å². The number of hydrogen-bond donors (Lipinski definition) is 0. The fraction of sp³-hybridized carbons (Fsp3) is 0.727. The van der Waals surface area contributed by atoms with Gasteiger partial charge in [0.1, 0.15) is 5.69 Å². The molecule has 0 amide bonds. The van der Waals surface area contributed by atoms with E-state index in [4.69, 9.17) is 0 Å². The molecule has 2 aliphatic rings. The normalized spacial score (nSPS) is 27.3. The lowest BCUT2D eigenvalue weighted by Gasteiger charge is -2.11.